The Hall–Kier alpha value is -1.84. The number of ether oxygens (including phenoxy) is 1. The van der Waals surface area contributed by atoms with Gasteiger partial charge in [-0.2, -0.15) is 0 Å². The summed E-state index contributed by atoms with van der Waals surface area (Å²) in [7, 11) is 1.59. The normalized spacial score (nSPS) is 22.3. The summed E-state index contributed by atoms with van der Waals surface area (Å²) in [5, 5.41) is 3.01. The molecule has 1 aliphatic rings. The van der Waals surface area contributed by atoms with Crippen LogP contribution in [0.1, 0.15) is 33.3 Å². The second kappa shape index (κ2) is 5.88. The minimum absolute atomic E-state index is 0.0551. The van der Waals surface area contributed by atoms with Gasteiger partial charge < -0.3 is 10.1 Å². The fourth-order valence-electron chi connectivity index (χ4n) is 2.78. The first kappa shape index (κ1) is 15.5. The van der Waals surface area contributed by atoms with E-state index in [2.05, 4.69) is 44.1 Å². The SMILES string of the molecule is COc1ccc(CNC(=O)[C@H]2[C@H](C=C(C)C)C2(C)C)cn1. The van der Waals surface area contributed by atoms with E-state index in [1.165, 1.54) is 5.57 Å². The molecule has 1 saturated carbocycles. The quantitative estimate of drug-likeness (QED) is 0.848. The minimum atomic E-state index is 0.0551. The second-order valence-corrected chi connectivity index (χ2v) is 6.50. The van der Waals surface area contributed by atoms with Gasteiger partial charge in [0.2, 0.25) is 11.8 Å². The van der Waals surface area contributed by atoms with Gasteiger partial charge in [-0.15, -0.1) is 0 Å². The monoisotopic (exact) mass is 288 g/mol. The minimum Gasteiger partial charge on any atom is -0.481 e. The van der Waals surface area contributed by atoms with Crippen molar-refractivity contribution < 1.29 is 9.53 Å². The molecule has 0 unspecified atom stereocenters. The number of amides is 1. The highest BCUT2D eigenvalue weighted by Crippen LogP contribution is 2.59. The fraction of sp³-hybridized carbons (Fsp3) is 0.529. The molecule has 0 aromatic carbocycles. The maximum atomic E-state index is 12.3. The summed E-state index contributed by atoms with van der Waals surface area (Å²) in [6.07, 6.45) is 3.93. The lowest BCUT2D eigenvalue weighted by Gasteiger charge is -2.06. The van der Waals surface area contributed by atoms with E-state index in [4.69, 9.17) is 4.74 Å². The van der Waals surface area contributed by atoms with Gasteiger partial charge in [0.15, 0.2) is 0 Å². The number of aromatic nitrogens is 1. The van der Waals surface area contributed by atoms with Gasteiger partial charge in [0.05, 0.1) is 13.0 Å². The third kappa shape index (κ3) is 3.43. The van der Waals surface area contributed by atoms with E-state index in [-0.39, 0.29) is 17.2 Å². The highest BCUT2D eigenvalue weighted by Gasteiger charge is 2.60. The highest BCUT2D eigenvalue weighted by molar-refractivity contribution is 5.83. The average Bonchev–Trinajstić information content (AvgIpc) is 2.97. The number of rotatable bonds is 5. The molecule has 1 aliphatic carbocycles. The van der Waals surface area contributed by atoms with Crippen molar-refractivity contribution in [3.8, 4) is 5.88 Å². The molecule has 1 fully saturated rings. The third-order valence-electron chi connectivity index (χ3n) is 4.18. The van der Waals surface area contributed by atoms with E-state index < -0.39 is 0 Å². The molecule has 1 aromatic heterocycles. The van der Waals surface area contributed by atoms with E-state index in [1.54, 1.807) is 19.4 Å². The van der Waals surface area contributed by atoms with E-state index in [9.17, 15) is 4.79 Å². The predicted molar refractivity (Wildman–Crippen MR) is 82.8 cm³/mol. The molecular formula is C17H24N2O2. The topological polar surface area (TPSA) is 51.2 Å². The molecule has 1 amide bonds. The molecule has 2 atom stereocenters. The maximum absolute atomic E-state index is 12.3. The first-order valence-electron chi connectivity index (χ1n) is 7.28. The molecular weight excluding hydrogens is 264 g/mol. The van der Waals surface area contributed by atoms with Crippen LogP contribution < -0.4 is 10.1 Å². The number of hydrogen-bond acceptors (Lipinski definition) is 3. The number of methoxy groups -OCH3 is 1. The number of nitrogens with one attached hydrogen (secondary N) is 1. The Kier molecular flexibility index (Phi) is 4.35. The van der Waals surface area contributed by atoms with Gasteiger partial charge >= 0.3 is 0 Å². The van der Waals surface area contributed by atoms with Gasteiger partial charge in [0.25, 0.3) is 0 Å². The number of carbonyl (C=O) groups excluding carboxylic acids is 1. The van der Waals surface area contributed by atoms with E-state index >= 15 is 0 Å². The van der Waals surface area contributed by atoms with E-state index in [1.807, 2.05) is 6.07 Å². The van der Waals surface area contributed by atoms with Gasteiger partial charge in [-0.25, -0.2) is 4.98 Å². The third-order valence-corrected chi connectivity index (χ3v) is 4.18. The van der Waals surface area contributed by atoms with Crippen LogP contribution in [0.5, 0.6) is 5.88 Å². The van der Waals surface area contributed by atoms with Gasteiger partial charge in [-0.3, -0.25) is 4.79 Å². The zero-order chi connectivity index (χ0) is 15.6. The fourth-order valence-corrected chi connectivity index (χ4v) is 2.78. The molecule has 1 N–H and O–H groups in total. The lowest BCUT2D eigenvalue weighted by Crippen LogP contribution is -2.26. The summed E-state index contributed by atoms with van der Waals surface area (Å²) < 4.78 is 5.02. The van der Waals surface area contributed by atoms with Gasteiger partial charge in [-0.05, 0) is 30.7 Å². The van der Waals surface area contributed by atoms with Crippen LogP contribution in [0.4, 0.5) is 0 Å². The predicted octanol–water partition coefficient (Wildman–Crippen LogP) is 2.94. The zero-order valence-corrected chi connectivity index (χ0v) is 13.4. The Morgan fingerprint density at radius 1 is 1.43 bits per heavy atom. The van der Waals surface area contributed by atoms with Crippen molar-refractivity contribution in [1.29, 1.82) is 0 Å². The van der Waals surface area contributed by atoms with Crippen molar-refractivity contribution in [1.82, 2.24) is 10.3 Å². The van der Waals surface area contributed by atoms with Crippen LogP contribution in [0.2, 0.25) is 0 Å². The summed E-state index contributed by atoms with van der Waals surface area (Å²) >= 11 is 0. The first-order valence-corrected chi connectivity index (χ1v) is 7.28. The summed E-state index contributed by atoms with van der Waals surface area (Å²) in [6.45, 7) is 8.95. The number of nitrogens with zero attached hydrogens (tertiary/aromatic N) is 1. The molecule has 2 rings (SSSR count). The van der Waals surface area contributed by atoms with Crippen LogP contribution in [0.25, 0.3) is 0 Å². The average molecular weight is 288 g/mol. The smallest absolute Gasteiger partial charge is 0.224 e. The van der Waals surface area contributed by atoms with Crippen LogP contribution in [0.3, 0.4) is 0 Å². The molecule has 0 radical (unpaired) electrons. The van der Waals surface area contributed by atoms with Crippen LogP contribution in [-0.4, -0.2) is 18.0 Å². The van der Waals surface area contributed by atoms with Gasteiger partial charge in [0, 0.05) is 18.8 Å². The summed E-state index contributed by atoms with van der Waals surface area (Å²) in [5.41, 5.74) is 2.29. The van der Waals surface area contributed by atoms with Crippen molar-refractivity contribution in [2.24, 2.45) is 17.3 Å². The van der Waals surface area contributed by atoms with Crippen molar-refractivity contribution in [2.45, 2.75) is 34.2 Å². The van der Waals surface area contributed by atoms with Gasteiger partial charge in [-0.1, -0.05) is 31.6 Å². The number of allylic oxidation sites excluding steroid dienone is 2. The van der Waals surface area contributed by atoms with Crippen molar-refractivity contribution in [3.05, 3.63) is 35.5 Å². The summed E-state index contributed by atoms with van der Waals surface area (Å²) in [6, 6.07) is 3.71. The van der Waals surface area contributed by atoms with E-state index in [0.717, 1.165) is 5.56 Å². The molecule has 0 aliphatic heterocycles. The van der Waals surface area contributed by atoms with Crippen molar-refractivity contribution in [3.63, 3.8) is 0 Å². The molecule has 0 saturated heterocycles. The van der Waals surface area contributed by atoms with Crippen LogP contribution in [0, 0.1) is 17.3 Å². The molecule has 21 heavy (non-hydrogen) atoms. The number of pyridine rings is 1. The largest absolute Gasteiger partial charge is 0.481 e. The Bertz CT molecular complexity index is 542. The Labute approximate surface area is 126 Å². The van der Waals surface area contributed by atoms with Crippen LogP contribution >= 0.6 is 0 Å². The second-order valence-electron chi connectivity index (χ2n) is 6.50. The molecule has 0 spiro atoms. The Balaban J connectivity index is 1.92. The summed E-state index contributed by atoms with van der Waals surface area (Å²) in [5.74, 6) is 1.12. The Morgan fingerprint density at radius 3 is 2.67 bits per heavy atom. The Morgan fingerprint density at radius 2 is 2.14 bits per heavy atom. The first-order chi connectivity index (χ1) is 9.86. The van der Waals surface area contributed by atoms with Crippen molar-refractivity contribution in [2.75, 3.05) is 7.11 Å². The summed E-state index contributed by atoms with van der Waals surface area (Å²) in [4.78, 5) is 16.5. The lowest BCUT2D eigenvalue weighted by atomic mass is 10.1. The molecule has 4 heteroatoms. The maximum Gasteiger partial charge on any atom is 0.224 e. The van der Waals surface area contributed by atoms with Crippen LogP contribution in [-0.2, 0) is 11.3 Å². The molecule has 0 bridgehead atoms. The number of carbonyl (C=O) groups is 1. The van der Waals surface area contributed by atoms with E-state index in [0.29, 0.717) is 18.3 Å². The lowest BCUT2D eigenvalue weighted by molar-refractivity contribution is -0.123. The molecule has 4 nitrogen and oxygen atoms in total. The van der Waals surface area contributed by atoms with Crippen molar-refractivity contribution >= 4 is 5.91 Å². The zero-order valence-electron chi connectivity index (χ0n) is 13.4. The van der Waals surface area contributed by atoms with Gasteiger partial charge in [0.1, 0.15) is 0 Å². The molecule has 1 aromatic rings. The highest BCUT2D eigenvalue weighted by atomic mass is 16.5. The standard InChI is InChI=1S/C17H24N2O2/c1-11(2)8-13-15(17(13,3)4)16(20)19-10-12-6-7-14(21-5)18-9-12/h6-9,13,15H,10H2,1-5H3,(H,19,20)/t13-,15+/m0/s1. The van der Waals surface area contributed by atoms with Crippen LogP contribution in [0.15, 0.2) is 30.0 Å². The molecule has 114 valence electrons. The molecule has 1 heterocycles. The number of hydrogen-bond donors (Lipinski definition) is 1.